The average molecular weight is 410 g/mol. The molecule has 2 aromatic rings. The van der Waals surface area contributed by atoms with Crippen LogP contribution in [0.2, 0.25) is 0 Å². The van der Waals surface area contributed by atoms with Crippen molar-refractivity contribution in [3.05, 3.63) is 65.2 Å². The second-order valence-corrected chi connectivity index (χ2v) is 8.43. The minimum atomic E-state index is 0.0286. The third-order valence-corrected chi connectivity index (χ3v) is 6.39. The van der Waals surface area contributed by atoms with Gasteiger partial charge < -0.3 is 14.9 Å². The van der Waals surface area contributed by atoms with Gasteiger partial charge in [-0.1, -0.05) is 24.3 Å². The molecule has 5 heteroatoms. The summed E-state index contributed by atoms with van der Waals surface area (Å²) in [7, 11) is 2.18. The summed E-state index contributed by atoms with van der Waals surface area (Å²) in [5, 5.41) is 10.1. The summed E-state index contributed by atoms with van der Waals surface area (Å²) in [5.74, 6) is 0.350. The van der Waals surface area contributed by atoms with Gasteiger partial charge in [-0.15, -0.1) is 0 Å². The molecule has 0 radical (unpaired) electrons. The SMILES string of the molecule is CCN(CC)C(=O)c1ccc([C@@H](c2cccc(O)c2)N2C[C@H](C)N(C)C[C@@H]2C)cc1. The van der Waals surface area contributed by atoms with Crippen molar-refractivity contribution in [2.75, 3.05) is 33.2 Å². The van der Waals surface area contributed by atoms with Crippen molar-refractivity contribution in [1.29, 1.82) is 0 Å². The maximum atomic E-state index is 12.7. The molecule has 1 heterocycles. The normalized spacial score (nSPS) is 21.4. The fourth-order valence-corrected chi connectivity index (χ4v) is 4.46. The number of likely N-dealkylation sites (N-methyl/N-ethyl adjacent to an activating group) is 1. The molecule has 1 N–H and O–H groups in total. The summed E-state index contributed by atoms with van der Waals surface area (Å²) in [6, 6.07) is 16.4. The molecule has 162 valence electrons. The summed E-state index contributed by atoms with van der Waals surface area (Å²) in [6.45, 7) is 11.9. The quantitative estimate of drug-likeness (QED) is 0.784. The highest BCUT2D eigenvalue weighted by Crippen LogP contribution is 2.34. The number of nitrogens with zero attached hydrogens (tertiary/aromatic N) is 3. The Hall–Kier alpha value is -2.37. The number of hydrogen-bond donors (Lipinski definition) is 1. The minimum Gasteiger partial charge on any atom is -0.508 e. The van der Waals surface area contributed by atoms with E-state index in [0.29, 0.717) is 25.2 Å². The zero-order valence-corrected chi connectivity index (χ0v) is 18.9. The van der Waals surface area contributed by atoms with Gasteiger partial charge in [0, 0.05) is 43.8 Å². The van der Waals surface area contributed by atoms with E-state index in [9.17, 15) is 9.90 Å². The van der Waals surface area contributed by atoms with Crippen molar-refractivity contribution in [2.24, 2.45) is 0 Å². The largest absolute Gasteiger partial charge is 0.508 e. The number of phenols is 1. The predicted molar refractivity (Wildman–Crippen MR) is 122 cm³/mol. The number of benzene rings is 2. The van der Waals surface area contributed by atoms with Crippen LogP contribution in [0, 0.1) is 0 Å². The van der Waals surface area contributed by atoms with Gasteiger partial charge in [0.05, 0.1) is 6.04 Å². The first kappa shape index (κ1) is 22.3. The van der Waals surface area contributed by atoms with Crippen molar-refractivity contribution in [1.82, 2.24) is 14.7 Å². The first-order valence-corrected chi connectivity index (χ1v) is 11.0. The van der Waals surface area contributed by atoms with E-state index < -0.39 is 0 Å². The highest BCUT2D eigenvalue weighted by Gasteiger charge is 2.33. The topological polar surface area (TPSA) is 47.0 Å². The van der Waals surface area contributed by atoms with Gasteiger partial charge in [-0.05, 0) is 70.1 Å². The lowest BCUT2D eigenvalue weighted by molar-refractivity contribution is 0.0389. The number of aromatic hydroxyl groups is 1. The van der Waals surface area contributed by atoms with Crippen molar-refractivity contribution in [3.8, 4) is 5.75 Å². The third kappa shape index (κ3) is 4.68. The number of phenolic OH excluding ortho intramolecular Hbond substituents is 1. The zero-order valence-electron chi connectivity index (χ0n) is 18.9. The lowest BCUT2D eigenvalue weighted by Crippen LogP contribution is -2.55. The Bertz CT molecular complexity index is 848. The van der Waals surface area contributed by atoms with E-state index in [2.05, 4.69) is 48.9 Å². The van der Waals surface area contributed by atoms with Gasteiger partial charge >= 0.3 is 0 Å². The van der Waals surface area contributed by atoms with Crippen LogP contribution in [0.1, 0.15) is 55.2 Å². The minimum absolute atomic E-state index is 0.0286. The van der Waals surface area contributed by atoms with Crippen LogP contribution in [0.15, 0.2) is 48.5 Å². The van der Waals surface area contributed by atoms with Gasteiger partial charge in [-0.2, -0.15) is 0 Å². The Morgan fingerprint density at radius 1 is 1.03 bits per heavy atom. The van der Waals surface area contributed by atoms with E-state index in [4.69, 9.17) is 0 Å². The van der Waals surface area contributed by atoms with Crippen LogP contribution < -0.4 is 0 Å². The Balaban J connectivity index is 1.97. The zero-order chi connectivity index (χ0) is 21.8. The lowest BCUT2D eigenvalue weighted by atomic mass is 9.93. The van der Waals surface area contributed by atoms with E-state index in [0.717, 1.165) is 29.8 Å². The van der Waals surface area contributed by atoms with Gasteiger partial charge in [0.2, 0.25) is 0 Å². The van der Waals surface area contributed by atoms with Crippen LogP contribution in [-0.2, 0) is 0 Å². The molecule has 1 aliphatic rings. The molecule has 3 rings (SSSR count). The van der Waals surface area contributed by atoms with Gasteiger partial charge in [0.1, 0.15) is 5.75 Å². The highest BCUT2D eigenvalue weighted by atomic mass is 16.3. The van der Waals surface area contributed by atoms with Crippen LogP contribution >= 0.6 is 0 Å². The van der Waals surface area contributed by atoms with E-state index in [1.165, 1.54) is 0 Å². The van der Waals surface area contributed by atoms with E-state index in [1.807, 2.05) is 43.0 Å². The molecule has 0 spiro atoms. The van der Waals surface area contributed by atoms with E-state index in [1.54, 1.807) is 6.07 Å². The molecule has 30 heavy (non-hydrogen) atoms. The Labute approximate surface area is 180 Å². The second-order valence-electron chi connectivity index (χ2n) is 8.43. The van der Waals surface area contributed by atoms with Crippen molar-refractivity contribution < 1.29 is 9.90 Å². The summed E-state index contributed by atoms with van der Waals surface area (Å²) >= 11 is 0. The molecule has 0 bridgehead atoms. The second kappa shape index (κ2) is 9.63. The summed E-state index contributed by atoms with van der Waals surface area (Å²) in [4.78, 5) is 19.5. The molecule has 1 amide bonds. The highest BCUT2D eigenvalue weighted by molar-refractivity contribution is 5.94. The molecule has 3 atom stereocenters. The lowest BCUT2D eigenvalue weighted by Gasteiger charge is -2.46. The molecule has 0 unspecified atom stereocenters. The number of carbonyl (C=O) groups is 1. The number of carbonyl (C=O) groups excluding carboxylic acids is 1. The van der Waals surface area contributed by atoms with Crippen molar-refractivity contribution in [3.63, 3.8) is 0 Å². The fraction of sp³-hybridized carbons (Fsp3) is 0.480. The van der Waals surface area contributed by atoms with Gasteiger partial charge in [-0.3, -0.25) is 9.69 Å². The first-order chi connectivity index (χ1) is 14.3. The summed E-state index contributed by atoms with van der Waals surface area (Å²) in [6.07, 6.45) is 0. The molecule has 2 aromatic carbocycles. The number of rotatable bonds is 6. The number of amides is 1. The molecule has 1 saturated heterocycles. The van der Waals surface area contributed by atoms with Gasteiger partial charge in [0.15, 0.2) is 0 Å². The summed E-state index contributed by atoms with van der Waals surface area (Å²) < 4.78 is 0. The standard InChI is InChI=1S/C25H35N3O2/c1-6-27(7-2)25(30)21-13-11-20(12-14-21)24(22-9-8-10-23(29)15-22)28-17-18(3)26(5)16-19(28)4/h8-15,18-19,24,29H,6-7,16-17H2,1-5H3/t18-,19-,24-/m0/s1. The van der Waals surface area contributed by atoms with Gasteiger partial charge in [-0.25, -0.2) is 0 Å². The molecular formula is C25H35N3O2. The van der Waals surface area contributed by atoms with Crippen LogP contribution in [-0.4, -0.2) is 71.0 Å². The van der Waals surface area contributed by atoms with E-state index >= 15 is 0 Å². The van der Waals surface area contributed by atoms with Crippen LogP contribution in [0.5, 0.6) is 5.75 Å². The maximum absolute atomic E-state index is 12.7. The Morgan fingerprint density at radius 3 is 2.30 bits per heavy atom. The third-order valence-electron chi connectivity index (χ3n) is 6.39. The molecule has 0 saturated carbocycles. The summed E-state index contributed by atoms with van der Waals surface area (Å²) in [5.41, 5.74) is 2.93. The van der Waals surface area contributed by atoms with Crippen LogP contribution in [0.3, 0.4) is 0 Å². The smallest absolute Gasteiger partial charge is 0.253 e. The molecule has 0 aromatic heterocycles. The van der Waals surface area contributed by atoms with Crippen molar-refractivity contribution >= 4 is 5.91 Å². The first-order valence-electron chi connectivity index (χ1n) is 11.0. The van der Waals surface area contributed by atoms with E-state index in [-0.39, 0.29) is 17.7 Å². The molecular weight excluding hydrogens is 374 g/mol. The fourth-order valence-electron chi connectivity index (χ4n) is 4.46. The molecule has 0 aliphatic carbocycles. The molecule has 5 nitrogen and oxygen atoms in total. The Morgan fingerprint density at radius 2 is 1.70 bits per heavy atom. The van der Waals surface area contributed by atoms with Crippen LogP contribution in [0.4, 0.5) is 0 Å². The maximum Gasteiger partial charge on any atom is 0.253 e. The number of piperazine rings is 1. The van der Waals surface area contributed by atoms with Crippen LogP contribution in [0.25, 0.3) is 0 Å². The average Bonchev–Trinajstić information content (AvgIpc) is 2.73. The Kier molecular flexibility index (Phi) is 7.16. The van der Waals surface area contributed by atoms with Gasteiger partial charge in [0.25, 0.3) is 5.91 Å². The molecule has 1 aliphatic heterocycles. The number of hydrogen-bond acceptors (Lipinski definition) is 4. The molecule has 1 fully saturated rings. The monoisotopic (exact) mass is 409 g/mol. The predicted octanol–water partition coefficient (Wildman–Crippen LogP) is 3.99. The van der Waals surface area contributed by atoms with Crippen molar-refractivity contribution in [2.45, 2.75) is 45.8 Å².